The van der Waals surface area contributed by atoms with Gasteiger partial charge in [0, 0.05) is 19.3 Å². The number of rotatable bonds is 2. The average molecular weight is 275 g/mol. The van der Waals surface area contributed by atoms with Crippen molar-refractivity contribution < 1.29 is 9.90 Å². The number of pyridine rings is 1. The first-order chi connectivity index (χ1) is 9.15. The molecule has 1 aliphatic heterocycles. The number of benzene rings is 1. The summed E-state index contributed by atoms with van der Waals surface area (Å²) in [6.45, 7) is 1.49. The lowest BCUT2D eigenvalue weighted by molar-refractivity contribution is 0.0696. The molecule has 0 saturated heterocycles. The van der Waals surface area contributed by atoms with Crippen molar-refractivity contribution in [2.45, 2.75) is 13.1 Å². The molecule has 0 aliphatic carbocycles. The Hall–Kier alpha value is -2.07. The summed E-state index contributed by atoms with van der Waals surface area (Å²) in [7, 11) is 0. The molecule has 5 heteroatoms. The van der Waals surface area contributed by atoms with Gasteiger partial charge in [0.1, 0.15) is 5.82 Å². The maximum Gasteiger partial charge on any atom is 0.337 e. The maximum atomic E-state index is 10.9. The Morgan fingerprint density at radius 1 is 1.26 bits per heavy atom. The van der Waals surface area contributed by atoms with Crippen LogP contribution in [0.3, 0.4) is 0 Å². The van der Waals surface area contributed by atoms with Crippen LogP contribution in [-0.4, -0.2) is 16.1 Å². The Morgan fingerprint density at radius 2 is 1.89 bits per heavy atom. The number of carbonyl (C=O) groups is 1. The summed E-state index contributed by atoms with van der Waals surface area (Å²) in [5.74, 6) is -0.395. The molecule has 1 aliphatic rings. The molecule has 2 aromatic rings. The molecule has 0 atom stereocenters. The van der Waals surface area contributed by atoms with Crippen LogP contribution in [0.5, 0.6) is 0 Å². The maximum absolute atomic E-state index is 10.9. The molecular weight excluding hydrogens is 264 g/mol. The fourth-order valence-electron chi connectivity index (χ4n) is 2.26. The number of halogens is 1. The van der Waals surface area contributed by atoms with Crippen LogP contribution in [0.4, 0.5) is 5.82 Å². The van der Waals surface area contributed by atoms with Crippen LogP contribution in [0.25, 0.3) is 0 Å². The smallest absolute Gasteiger partial charge is 0.337 e. The number of carboxylic acid groups (broad SMARTS) is 1. The van der Waals surface area contributed by atoms with Crippen molar-refractivity contribution in [1.82, 2.24) is 4.98 Å². The van der Waals surface area contributed by atoms with Crippen molar-refractivity contribution in [3.05, 3.63) is 58.2 Å². The van der Waals surface area contributed by atoms with E-state index in [0.717, 1.165) is 13.1 Å². The van der Waals surface area contributed by atoms with Gasteiger partial charge in [0.05, 0.1) is 10.6 Å². The van der Waals surface area contributed by atoms with Crippen molar-refractivity contribution >= 4 is 23.4 Å². The van der Waals surface area contributed by atoms with Gasteiger partial charge < -0.3 is 10.0 Å². The minimum absolute atomic E-state index is 0.102. The number of nitrogens with zero attached hydrogens (tertiary/aromatic N) is 2. The number of anilines is 1. The van der Waals surface area contributed by atoms with Gasteiger partial charge in [-0.05, 0) is 17.2 Å². The van der Waals surface area contributed by atoms with Crippen molar-refractivity contribution in [3.63, 3.8) is 0 Å². The predicted molar refractivity (Wildman–Crippen MR) is 72.5 cm³/mol. The highest BCUT2D eigenvalue weighted by atomic mass is 35.5. The van der Waals surface area contributed by atoms with Crippen molar-refractivity contribution in [2.75, 3.05) is 4.90 Å². The fraction of sp³-hybridized carbons (Fsp3) is 0.143. The summed E-state index contributed by atoms with van der Waals surface area (Å²) in [5.41, 5.74) is 2.61. The van der Waals surface area contributed by atoms with Crippen molar-refractivity contribution in [3.8, 4) is 0 Å². The Morgan fingerprint density at radius 3 is 2.42 bits per heavy atom. The van der Waals surface area contributed by atoms with E-state index in [-0.39, 0.29) is 5.56 Å². The lowest BCUT2D eigenvalue weighted by atomic mass is 10.1. The first-order valence-corrected chi connectivity index (χ1v) is 6.23. The fourth-order valence-corrected chi connectivity index (χ4v) is 2.55. The van der Waals surface area contributed by atoms with Crippen LogP contribution in [-0.2, 0) is 13.1 Å². The second-order valence-electron chi connectivity index (χ2n) is 4.46. The number of hydrogen-bond acceptors (Lipinski definition) is 3. The van der Waals surface area contributed by atoms with E-state index in [2.05, 4.69) is 17.1 Å². The number of hydrogen-bond donors (Lipinski definition) is 1. The van der Waals surface area contributed by atoms with Crippen LogP contribution in [0.1, 0.15) is 21.5 Å². The topological polar surface area (TPSA) is 53.4 Å². The van der Waals surface area contributed by atoms with Gasteiger partial charge in [-0.2, -0.15) is 0 Å². The number of carboxylic acids is 1. The molecule has 19 heavy (non-hydrogen) atoms. The quantitative estimate of drug-likeness (QED) is 0.915. The molecule has 1 aromatic carbocycles. The van der Waals surface area contributed by atoms with E-state index < -0.39 is 5.97 Å². The molecule has 0 bridgehead atoms. The van der Waals surface area contributed by atoms with Gasteiger partial charge in [0.2, 0.25) is 0 Å². The average Bonchev–Trinajstić information content (AvgIpc) is 2.81. The summed E-state index contributed by atoms with van der Waals surface area (Å²) in [6, 6.07) is 9.61. The molecule has 3 rings (SSSR count). The lowest BCUT2D eigenvalue weighted by Crippen LogP contribution is -2.16. The van der Waals surface area contributed by atoms with Crippen LogP contribution < -0.4 is 4.90 Å². The molecule has 1 N–H and O–H groups in total. The summed E-state index contributed by atoms with van der Waals surface area (Å²) >= 11 is 6.13. The van der Waals surface area contributed by atoms with Crippen molar-refractivity contribution in [2.24, 2.45) is 0 Å². The zero-order valence-electron chi connectivity index (χ0n) is 10.0. The van der Waals surface area contributed by atoms with Gasteiger partial charge in [-0.3, -0.25) is 0 Å². The van der Waals surface area contributed by atoms with Crippen LogP contribution in [0.15, 0.2) is 36.5 Å². The Bertz CT molecular complexity index is 633. The van der Waals surface area contributed by atoms with Crippen LogP contribution >= 0.6 is 11.6 Å². The standard InChI is InChI=1S/C14H11ClN2O2/c15-12-5-11(14(18)19)6-16-13(12)17-7-9-3-1-2-4-10(9)8-17/h1-6H,7-8H2,(H,18,19). The molecule has 0 fully saturated rings. The van der Waals surface area contributed by atoms with E-state index in [4.69, 9.17) is 16.7 Å². The molecule has 0 unspecified atom stereocenters. The van der Waals surface area contributed by atoms with E-state index in [1.807, 2.05) is 17.0 Å². The van der Waals surface area contributed by atoms with E-state index in [1.165, 1.54) is 23.4 Å². The van der Waals surface area contributed by atoms with E-state index in [1.54, 1.807) is 0 Å². The predicted octanol–water partition coefficient (Wildman–Crippen LogP) is 2.95. The van der Waals surface area contributed by atoms with Gasteiger partial charge in [-0.15, -0.1) is 0 Å². The third-order valence-corrected chi connectivity index (χ3v) is 3.49. The normalized spacial score (nSPS) is 13.4. The van der Waals surface area contributed by atoms with E-state index in [0.29, 0.717) is 10.8 Å². The van der Waals surface area contributed by atoms with Crippen LogP contribution in [0.2, 0.25) is 5.02 Å². The second kappa shape index (κ2) is 4.55. The summed E-state index contributed by atoms with van der Waals surface area (Å²) in [5, 5.41) is 9.26. The van der Waals surface area contributed by atoms with E-state index in [9.17, 15) is 4.79 Å². The van der Waals surface area contributed by atoms with Gasteiger partial charge in [0.25, 0.3) is 0 Å². The van der Waals surface area contributed by atoms with Gasteiger partial charge >= 0.3 is 5.97 Å². The highest BCUT2D eigenvalue weighted by Gasteiger charge is 2.22. The van der Waals surface area contributed by atoms with E-state index >= 15 is 0 Å². The first-order valence-electron chi connectivity index (χ1n) is 5.86. The summed E-state index contributed by atoms with van der Waals surface area (Å²) in [6.07, 6.45) is 1.34. The highest BCUT2D eigenvalue weighted by molar-refractivity contribution is 6.33. The monoisotopic (exact) mass is 274 g/mol. The largest absolute Gasteiger partial charge is 0.478 e. The van der Waals surface area contributed by atoms with Gasteiger partial charge in [-0.1, -0.05) is 35.9 Å². The van der Waals surface area contributed by atoms with Gasteiger partial charge in [0.15, 0.2) is 0 Å². The molecule has 0 amide bonds. The SMILES string of the molecule is O=C(O)c1cnc(N2Cc3ccccc3C2)c(Cl)c1. The summed E-state index contributed by atoms with van der Waals surface area (Å²) in [4.78, 5) is 17.1. The third-order valence-electron chi connectivity index (χ3n) is 3.21. The lowest BCUT2D eigenvalue weighted by Gasteiger charge is -2.17. The zero-order valence-corrected chi connectivity index (χ0v) is 10.8. The minimum Gasteiger partial charge on any atom is -0.478 e. The van der Waals surface area contributed by atoms with Gasteiger partial charge in [-0.25, -0.2) is 9.78 Å². The molecule has 1 aromatic heterocycles. The Labute approximate surface area is 115 Å². The molecule has 2 heterocycles. The number of aromatic carboxylic acids is 1. The number of fused-ring (bicyclic) bond motifs is 1. The molecule has 0 spiro atoms. The van der Waals surface area contributed by atoms with Crippen LogP contribution in [0, 0.1) is 0 Å². The highest BCUT2D eigenvalue weighted by Crippen LogP contribution is 2.31. The molecule has 4 nitrogen and oxygen atoms in total. The molecule has 96 valence electrons. The number of aromatic nitrogens is 1. The molecule has 0 radical (unpaired) electrons. The Kier molecular flexibility index (Phi) is 2.87. The molecule has 0 saturated carbocycles. The van der Waals surface area contributed by atoms with Crippen molar-refractivity contribution in [1.29, 1.82) is 0 Å². The second-order valence-corrected chi connectivity index (χ2v) is 4.87. The minimum atomic E-state index is -1.02. The molecular formula is C14H11ClN2O2. The first kappa shape index (κ1) is 12.0. The Balaban J connectivity index is 1.91. The summed E-state index contributed by atoms with van der Waals surface area (Å²) < 4.78 is 0. The zero-order chi connectivity index (χ0) is 13.4. The third kappa shape index (κ3) is 2.15.